The minimum Gasteiger partial charge on any atom is -0.352 e. The minimum atomic E-state index is -0.627. The molecular formula is C13H16N2O2. The van der Waals surface area contributed by atoms with Gasteiger partial charge in [-0.1, -0.05) is 30.3 Å². The second kappa shape index (κ2) is 3.55. The van der Waals surface area contributed by atoms with Crippen molar-refractivity contribution in [1.29, 1.82) is 0 Å². The predicted molar refractivity (Wildman–Crippen MR) is 63.0 cm³/mol. The molecule has 3 rings (SSSR count). The Balaban J connectivity index is 1.98. The molecule has 0 aliphatic carbocycles. The molecule has 1 aromatic rings. The molecule has 2 aliphatic rings. The lowest BCUT2D eigenvalue weighted by Gasteiger charge is -2.32. The highest BCUT2D eigenvalue weighted by molar-refractivity contribution is 5.81. The van der Waals surface area contributed by atoms with E-state index < -0.39 is 5.72 Å². The zero-order chi connectivity index (χ0) is 12.0. The Bertz CT molecular complexity index is 448. The second-order valence-corrected chi connectivity index (χ2v) is 4.87. The van der Waals surface area contributed by atoms with Crippen molar-refractivity contribution in [3.05, 3.63) is 35.9 Å². The maximum Gasteiger partial charge on any atom is 0.227 e. The van der Waals surface area contributed by atoms with Crippen molar-refractivity contribution in [2.24, 2.45) is 5.73 Å². The molecule has 2 fully saturated rings. The molecule has 0 spiro atoms. The smallest absolute Gasteiger partial charge is 0.227 e. The molecule has 2 heterocycles. The van der Waals surface area contributed by atoms with Gasteiger partial charge in [0.1, 0.15) is 0 Å². The van der Waals surface area contributed by atoms with E-state index in [9.17, 15) is 4.79 Å². The van der Waals surface area contributed by atoms with Gasteiger partial charge in [0.2, 0.25) is 5.91 Å². The van der Waals surface area contributed by atoms with Gasteiger partial charge in [0.05, 0.1) is 18.7 Å². The quantitative estimate of drug-likeness (QED) is 0.787. The van der Waals surface area contributed by atoms with Gasteiger partial charge in [0, 0.05) is 6.42 Å². The highest BCUT2D eigenvalue weighted by Crippen LogP contribution is 2.43. The molecule has 0 aromatic heterocycles. The van der Waals surface area contributed by atoms with Crippen LogP contribution in [0, 0.1) is 0 Å². The summed E-state index contributed by atoms with van der Waals surface area (Å²) in [5.41, 5.74) is 6.48. The number of ether oxygens (including phenoxy) is 1. The van der Waals surface area contributed by atoms with Crippen LogP contribution >= 0.6 is 0 Å². The number of hydrogen-bond acceptors (Lipinski definition) is 3. The van der Waals surface area contributed by atoms with Crippen LogP contribution in [0.2, 0.25) is 0 Å². The number of fused-ring (bicyclic) bond motifs is 1. The van der Waals surface area contributed by atoms with Gasteiger partial charge >= 0.3 is 0 Å². The summed E-state index contributed by atoms with van der Waals surface area (Å²) in [4.78, 5) is 13.8. The lowest BCUT2D eigenvalue weighted by molar-refractivity contribution is -0.137. The van der Waals surface area contributed by atoms with E-state index in [2.05, 4.69) is 0 Å². The van der Waals surface area contributed by atoms with Crippen molar-refractivity contribution < 1.29 is 9.53 Å². The summed E-state index contributed by atoms with van der Waals surface area (Å²) >= 11 is 0. The molecule has 2 aliphatic heterocycles. The van der Waals surface area contributed by atoms with Crippen LogP contribution < -0.4 is 5.73 Å². The lowest BCUT2D eigenvalue weighted by Crippen LogP contribution is -2.49. The van der Waals surface area contributed by atoms with E-state index in [1.165, 1.54) is 0 Å². The molecule has 90 valence electrons. The third-order valence-corrected chi connectivity index (χ3v) is 3.86. The fraction of sp³-hybridized carbons (Fsp3) is 0.462. The summed E-state index contributed by atoms with van der Waals surface area (Å²) in [5.74, 6) is 0.0892. The number of amides is 1. The molecule has 1 aromatic carbocycles. The van der Waals surface area contributed by atoms with E-state index in [0.29, 0.717) is 13.0 Å². The Morgan fingerprint density at radius 2 is 2.12 bits per heavy atom. The first-order valence-corrected chi connectivity index (χ1v) is 5.89. The molecule has 2 saturated heterocycles. The maximum atomic E-state index is 12.0. The van der Waals surface area contributed by atoms with Gasteiger partial charge in [-0.15, -0.1) is 0 Å². The molecule has 0 unspecified atom stereocenters. The summed E-state index contributed by atoms with van der Waals surface area (Å²) < 4.78 is 5.79. The Morgan fingerprint density at radius 3 is 2.82 bits per heavy atom. The summed E-state index contributed by atoms with van der Waals surface area (Å²) in [6, 6.07) is 9.74. The van der Waals surface area contributed by atoms with E-state index in [0.717, 1.165) is 5.56 Å². The molecule has 4 nitrogen and oxygen atoms in total. The van der Waals surface area contributed by atoms with Crippen LogP contribution in [0.15, 0.2) is 30.3 Å². The maximum absolute atomic E-state index is 12.0. The Hall–Kier alpha value is -1.39. The lowest BCUT2D eigenvalue weighted by atomic mass is 10.1. The van der Waals surface area contributed by atoms with E-state index in [1.807, 2.05) is 42.2 Å². The first kappa shape index (κ1) is 10.7. The Morgan fingerprint density at radius 1 is 1.41 bits per heavy atom. The van der Waals surface area contributed by atoms with Crippen LogP contribution in [0.1, 0.15) is 24.9 Å². The minimum absolute atomic E-state index is 0.00208. The predicted octanol–water partition coefficient (Wildman–Crippen LogP) is 1.03. The first-order valence-electron chi connectivity index (χ1n) is 5.89. The molecule has 0 saturated carbocycles. The average molecular weight is 232 g/mol. The van der Waals surface area contributed by atoms with Crippen molar-refractivity contribution in [3.8, 4) is 0 Å². The van der Waals surface area contributed by atoms with Crippen molar-refractivity contribution >= 4 is 5.91 Å². The van der Waals surface area contributed by atoms with E-state index in [-0.39, 0.29) is 18.0 Å². The summed E-state index contributed by atoms with van der Waals surface area (Å²) in [5, 5.41) is 0. The number of nitrogens with two attached hydrogens (primary N) is 1. The van der Waals surface area contributed by atoms with Gasteiger partial charge in [0.25, 0.3) is 0 Å². The monoisotopic (exact) mass is 232 g/mol. The highest BCUT2D eigenvalue weighted by atomic mass is 16.5. The van der Waals surface area contributed by atoms with Crippen LogP contribution in [0.5, 0.6) is 0 Å². The van der Waals surface area contributed by atoms with E-state index in [1.54, 1.807) is 0 Å². The van der Waals surface area contributed by atoms with Crippen LogP contribution in [-0.4, -0.2) is 29.2 Å². The number of nitrogens with zero attached hydrogens (tertiary/aromatic N) is 1. The molecule has 2 N–H and O–H groups in total. The van der Waals surface area contributed by atoms with E-state index in [4.69, 9.17) is 10.5 Å². The third-order valence-electron chi connectivity index (χ3n) is 3.86. The topological polar surface area (TPSA) is 55.6 Å². The molecular weight excluding hydrogens is 216 g/mol. The third kappa shape index (κ3) is 1.41. The fourth-order valence-corrected chi connectivity index (χ4v) is 2.80. The number of benzene rings is 1. The Labute approximate surface area is 100 Å². The summed E-state index contributed by atoms with van der Waals surface area (Å²) in [6.45, 7) is 2.44. The molecule has 3 atom stereocenters. The van der Waals surface area contributed by atoms with Crippen molar-refractivity contribution in [2.75, 3.05) is 6.61 Å². The Kier molecular flexibility index (Phi) is 2.24. The first-order chi connectivity index (χ1) is 8.13. The van der Waals surface area contributed by atoms with Crippen LogP contribution in [-0.2, 0) is 9.53 Å². The van der Waals surface area contributed by atoms with Gasteiger partial charge in [-0.2, -0.15) is 0 Å². The van der Waals surface area contributed by atoms with Gasteiger partial charge in [-0.05, 0) is 12.5 Å². The zero-order valence-corrected chi connectivity index (χ0v) is 9.80. The number of hydrogen-bond donors (Lipinski definition) is 1. The SMILES string of the molecule is C[C@]12OC[C@H](c3ccccc3)N1C(=O)C[C@H]2N. The highest BCUT2D eigenvalue weighted by Gasteiger charge is 2.56. The van der Waals surface area contributed by atoms with Crippen LogP contribution in [0.3, 0.4) is 0 Å². The van der Waals surface area contributed by atoms with Gasteiger partial charge < -0.3 is 15.4 Å². The number of rotatable bonds is 1. The molecule has 4 heteroatoms. The largest absolute Gasteiger partial charge is 0.352 e. The number of carbonyl (C=O) groups excluding carboxylic acids is 1. The van der Waals surface area contributed by atoms with Crippen molar-refractivity contribution in [1.82, 2.24) is 4.90 Å². The van der Waals surface area contributed by atoms with Gasteiger partial charge in [-0.25, -0.2) is 0 Å². The van der Waals surface area contributed by atoms with Gasteiger partial charge in [0.15, 0.2) is 5.72 Å². The summed E-state index contributed by atoms with van der Waals surface area (Å²) in [6.07, 6.45) is 0.375. The molecule has 0 radical (unpaired) electrons. The second-order valence-electron chi connectivity index (χ2n) is 4.87. The van der Waals surface area contributed by atoms with Crippen molar-refractivity contribution in [3.63, 3.8) is 0 Å². The zero-order valence-electron chi connectivity index (χ0n) is 9.80. The van der Waals surface area contributed by atoms with Crippen LogP contribution in [0.25, 0.3) is 0 Å². The van der Waals surface area contributed by atoms with Gasteiger partial charge in [-0.3, -0.25) is 4.79 Å². The standard InChI is InChI=1S/C13H16N2O2/c1-13-11(14)7-12(16)15(13)10(8-17-13)9-5-3-2-4-6-9/h2-6,10-11H,7-8,14H2,1H3/t10-,11-,13-/m1/s1. The average Bonchev–Trinajstić information content (AvgIpc) is 2.78. The van der Waals surface area contributed by atoms with Crippen molar-refractivity contribution in [2.45, 2.75) is 31.2 Å². The van der Waals surface area contributed by atoms with Crippen LogP contribution in [0.4, 0.5) is 0 Å². The van der Waals surface area contributed by atoms with E-state index >= 15 is 0 Å². The normalized spacial score (nSPS) is 36.4. The summed E-state index contributed by atoms with van der Waals surface area (Å²) in [7, 11) is 0. The fourth-order valence-electron chi connectivity index (χ4n) is 2.80. The number of carbonyl (C=O) groups is 1. The molecule has 0 bridgehead atoms. The molecule has 1 amide bonds. The molecule has 17 heavy (non-hydrogen) atoms.